The topological polar surface area (TPSA) is 132 Å². The van der Waals surface area contributed by atoms with Crippen LogP contribution in [-0.2, 0) is 6.42 Å². The van der Waals surface area contributed by atoms with Crippen molar-refractivity contribution < 1.29 is 9.21 Å². The molecular formula is C18H22N6O2. The zero-order chi connectivity index (χ0) is 18.9. The minimum atomic E-state index is -0.318. The fraction of sp³-hybridized carbons (Fsp3) is 0.333. The second kappa shape index (κ2) is 6.62. The average molecular weight is 354 g/mol. The summed E-state index contributed by atoms with van der Waals surface area (Å²) in [4.78, 5) is 16.6. The summed E-state index contributed by atoms with van der Waals surface area (Å²) in [6, 6.07) is 3.43. The van der Waals surface area contributed by atoms with Crippen LogP contribution in [-0.4, -0.2) is 22.6 Å². The van der Waals surface area contributed by atoms with Crippen LogP contribution in [0.4, 0.5) is 5.69 Å². The fourth-order valence-corrected chi connectivity index (χ4v) is 3.16. The Morgan fingerprint density at radius 2 is 1.96 bits per heavy atom. The SMILES string of the molecule is Cc1c(C(=O)Nc2ccncc2)oc2c1/C(=N\N=C(N)N)CC(C)(C)C2. The third-order valence-electron chi connectivity index (χ3n) is 4.22. The fourth-order valence-electron chi connectivity index (χ4n) is 3.16. The van der Waals surface area contributed by atoms with Crippen molar-refractivity contribution in [2.24, 2.45) is 27.1 Å². The van der Waals surface area contributed by atoms with Gasteiger partial charge >= 0.3 is 0 Å². The van der Waals surface area contributed by atoms with Crippen molar-refractivity contribution >= 4 is 23.3 Å². The number of furan rings is 1. The van der Waals surface area contributed by atoms with Crippen molar-refractivity contribution in [1.29, 1.82) is 0 Å². The van der Waals surface area contributed by atoms with Gasteiger partial charge in [0.15, 0.2) is 5.76 Å². The van der Waals surface area contributed by atoms with Crippen molar-refractivity contribution in [3.63, 3.8) is 0 Å². The van der Waals surface area contributed by atoms with E-state index < -0.39 is 0 Å². The van der Waals surface area contributed by atoms with E-state index in [4.69, 9.17) is 15.9 Å². The number of amides is 1. The van der Waals surface area contributed by atoms with E-state index in [0.29, 0.717) is 24.2 Å². The summed E-state index contributed by atoms with van der Waals surface area (Å²) in [7, 11) is 0. The Labute approximate surface area is 151 Å². The smallest absolute Gasteiger partial charge is 0.291 e. The van der Waals surface area contributed by atoms with Crippen molar-refractivity contribution in [3.8, 4) is 0 Å². The lowest BCUT2D eigenvalue weighted by Crippen LogP contribution is -2.27. The number of fused-ring (bicyclic) bond motifs is 1. The molecule has 0 unspecified atom stereocenters. The zero-order valence-electron chi connectivity index (χ0n) is 15.0. The Bertz CT molecular complexity index is 892. The van der Waals surface area contributed by atoms with E-state index in [1.165, 1.54) is 0 Å². The maximum Gasteiger partial charge on any atom is 0.291 e. The van der Waals surface area contributed by atoms with E-state index in [1.807, 2.05) is 6.92 Å². The predicted octanol–water partition coefficient (Wildman–Crippen LogP) is 2.19. The Morgan fingerprint density at radius 1 is 1.27 bits per heavy atom. The maximum atomic E-state index is 12.7. The van der Waals surface area contributed by atoms with Crippen LogP contribution < -0.4 is 16.8 Å². The van der Waals surface area contributed by atoms with E-state index in [2.05, 4.69) is 34.4 Å². The molecule has 0 saturated carbocycles. The lowest BCUT2D eigenvalue weighted by Gasteiger charge is -2.29. The van der Waals surface area contributed by atoms with Gasteiger partial charge in [0.1, 0.15) is 5.76 Å². The highest BCUT2D eigenvalue weighted by Crippen LogP contribution is 2.39. The van der Waals surface area contributed by atoms with Gasteiger partial charge in [0.25, 0.3) is 5.91 Å². The molecule has 8 nitrogen and oxygen atoms in total. The quantitative estimate of drug-likeness (QED) is 0.441. The molecule has 0 bridgehead atoms. The van der Waals surface area contributed by atoms with Crippen molar-refractivity contribution in [3.05, 3.63) is 47.2 Å². The second-order valence-corrected chi connectivity index (χ2v) is 7.13. The van der Waals surface area contributed by atoms with Crippen LogP contribution in [0.5, 0.6) is 0 Å². The van der Waals surface area contributed by atoms with Crippen LogP contribution in [0.25, 0.3) is 0 Å². The van der Waals surface area contributed by atoms with Gasteiger partial charge in [-0.05, 0) is 30.9 Å². The van der Waals surface area contributed by atoms with Crippen LogP contribution in [0.3, 0.4) is 0 Å². The summed E-state index contributed by atoms with van der Waals surface area (Å²) in [5.41, 5.74) is 13.6. The van der Waals surface area contributed by atoms with Gasteiger partial charge in [0, 0.05) is 35.6 Å². The zero-order valence-corrected chi connectivity index (χ0v) is 15.0. The molecule has 26 heavy (non-hydrogen) atoms. The molecule has 0 radical (unpaired) electrons. The number of pyridine rings is 1. The van der Waals surface area contributed by atoms with E-state index in [0.717, 1.165) is 16.9 Å². The molecule has 1 aliphatic rings. The molecule has 0 spiro atoms. The predicted molar refractivity (Wildman–Crippen MR) is 100 cm³/mol. The molecule has 0 aliphatic heterocycles. The normalized spacial score (nSPS) is 16.8. The molecule has 0 aromatic carbocycles. The number of nitrogens with one attached hydrogen (secondary N) is 1. The van der Waals surface area contributed by atoms with Gasteiger partial charge in [0.05, 0.1) is 5.71 Å². The summed E-state index contributed by atoms with van der Waals surface area (Å²) >= 11 is 0. The molecule has 2 aromatic rings. The van der Waals surface area contributed by atoms with Gasteiger partial charge in [-0.3, -0.25) is 9.78 Å². The number of carbonyl (C=O) groups is 1. The van der Waals surface area contributed by atoms with Crippen LogP contribution >= 0.6 is 0 Å². The van der Waals surface area contributed by atoms with E-state index in [-0.39, 0.29) is 23.0 Å². The lowest BCUT2D eigenvalue weighted by atomic mass is 9.75. The first kappa shape index (κ1) is 17.7. The third kappa shape index (κ3) is 3.58. The summed E-state index contributed by atoms with van der Waals surface area (Å²) in [5, 5.41) is 10.8. The number of rotatable bonds is 3. The monoisotopic (exact) mass is 354 g/mol. The van der Waals surface area contributed by atoms with Gasteiger partial charge in [-0.15, -0.1) is 5.10 Å². The standard InChI is InChI=1S/C18H22N6O2/c1-10-14-12(23-24-17(19)20)8-18(2,3)9-13(14)26-15(10)16(25)22-11-4-6-21-7-5-11/h4-7H,8-9H2,1-3H3,(H4,19,20,24)(H,21,22,25)/b23-12-. The molecule has 1 aliphatic carbocycles. The molecule has 2 heterocycles. The summed E-state index contributed by atoms with van der Waals surface area (Å²) in [5.74, 6) is 0.561. The van der Waals surface area contributed by atoms with Crippen molar-refractivity contribution in [2.75, 3.05) is 5.32 Å². The molecule has 136 valence electrons. The van der Waals surface area contributed by atoms with E-state index >= 15 is 0 Å². The van der Waals surface area contributed by atoms with Crippen LogP contribution in [0.15, 0.2) is 39.1 Å². The Morgan fingerprint density at radius 3 is 2.62 bits per heavy atom. The van der Waals surface area contributed by atoms with E-state index in [9.17, 15) is 4.79 Å². The number of hydrogen-bond donors (Lipinski definition) is 3. The first-order valence-electron chi connectivity index (χ1n) is 8.26. The second-order valence-electron chi connectivity index (χ2n) is 7.13. The highest BCUT2D eigenvalue weighted by Gasteiger charge is 2.36. The molecular weight excluding hydrogens is 332 g/mol. The first-order valence-corrected chi connectivity index (χ1v) is 8.26. The largest absolute Gasteiger partial charge is 0.455 e. The van der Waals surface area contributed by atoms with Crippen LogP contribution in [0, 0.1) is 12.3 Å². The first-order chi connectivity index (χ1) is 12.3. The lowest BCUT2D eigenvalue weighted by molar-refractivity contribution is 0.0993. The summed E-state index contributed by atoms with van der Waals surface area (Å²) in [6.45, 7) is 6.05. The number of nitrogens with zero attached hydrogens (tertiary/aromatic N) is 3. The van der Waals surface area contributed by atoms with Crippen molar-refractivity contribution in [2.45, 2.75) is 33.6 Å². The molecule has 1 amide bonds. The molecule has 8 heteroatoms. The number of anilines is 1. The molecule has 0 fully saturated rings. The number of guanidine groups is 1. The van der Waals surface area contributed by atoms with Crippen LogP contribution in [0.1, 0.15) is 47.7 Å². The number of carbonyl (C=O) groups excluding carboxylic acids is 1. The molecule has 0 saturated heterocycles. The minimum absolute atomic E-state index is 0.0755. The highest BCUT2D eigenvalue weighted by molar-refractivity contribution is 6.09. The Hall–Kier alpha value is -3.16. The van der Waals surface area contributed by atoms with E-state index in [1.54, 1.807) is 24.5 Å². The minimum Gasteiger partial charge on any atom is -0.455 e. The number of nitrogens with two attached hydrogens (primary N) is 2. The summed E-state index contributed by atoms with van der Waals surface area (Å²) in [6.07, 6.45) is 4.60. The molecule has 2 aromatic heterocycles. The Kier molecular flexibility index (Phi) is 4.50. The summed E-state index contributed by atoms with van der Waals surface area (Å²) < 4.78 is 5.92. The maximum absolute atomic E-state index is 12.7. The van der Waals surface area contributed by atoms with Gasteiger partial charge in [0.2, 0.25) is 5.96 Å². The third-order valence-corrected chi connectivity index (χ3v) is 4.22. The highest BCUT2D eigenvalue weighted by atomic mass is 16.4. The van der Waals surface area contributed by atoms with Gasteiger partial charge < -0.3 is 21.2 Å². The van der Waals surface area contributed by atoms with Gasteiger partial charge in [-0.25, -0.2) is 0 Å². The average Bonchev–Trinajstić information content (AvgIpc) is 2.89. The Balaban J connectivity index is 2.00. The van der Waals surface area contributed by atoms with Gasteiger partial charge in [-0.1, -0.05) is 13.8 Å². The molecule has 5 N–H and O–H groups in total. The molecule has 0 atom stereocenters. The van der Waals surface area contributed by atoms with Crippen molar-refractivity contribution in [1.82, 2.24) is 4.98 Å². The van der Waals surface area contributed by atoms with Gasteiger partial charge in [-0.2, -0.15) is 5.10 Å². The van der Waals surface area contributed by atoms with Crippen LogP contribution in [0.2, 0.25) is 0 Å². The molecule has 3 rings (SSSR count). The number of hydrogen-bond acceptors (Lipinski definition) is 5. The number of aromatic nitrogens is 1.